The van der Waals surface area contributed by atoms with Gasteiger partial charge in [-0.2, -0.15) is 0 Å². The molecule has 0 atom stereocenters. The number of rotatable bonds is 5. The first-order valence-corrected chi connectivity index (χ1v) is 10.3. The third-order valence-corrected chi connectivity index (χ3v) is 6.10. The molecule has 3 rings (SSSR count). The normalized spacial score (nSPS) is 13.3. The molecular weight excluding hydrogens is 396 g/mol. The number of hydrogen-bond donors (Lipinski definition) is 3. The topological polar surface area (TPSA) is 125 Å². The summed E-state index contributed by atoms with van der Waals surface area (Å²) in [5.41, 5.74) is 4.76. The Morgan fingerprint density at radius 3 is 2.10 bits per heavy atom. The third-order valence-electron chi connectivity index (χ3n) is 4.30. The van der Waals surface area contributed by atoms with E-state index in [4.69, 9.17) is 0 Å². The number of para-hydroxylation sites is 1. The van der Waals surface area contributed by atoms with Crippen molar-refractivity contribution in [1.29, 1.82) is 0 Å². The minimum absolute atomic E-state index is 0.00764. The van der Waals surface area contributed by atoms with E-state index < -0.39 is 27.7 Å². The van der Waals surface area contributed by atoms with Crippen LogP contribution in [0.4, 0.5) is 5.69 Å². The number of carbonyl (C=O) groups excluding carboxylic acids is 3. The highest BCUT2D eigenvalue weighted by Crippen LogP contribution is 2.22. The fourth-order valence-electron chi connectivity index (χ4n) is 2.43. The predicted octanol–water partition coefficient (Wildman–Crippen LogP) is 0.551. The number of carbonyl (C=O) groups is 3. The molecule has 0 radical (unpaired) electrons. The number of sulfonamides is 1. The summed E-state index contributed by atoms with van der Waals surface area (Å²) in [6, 6.07) is 13.8. The fourth-order valence-corrected chi connectivity index (χ4v) is 3.63. The summed E-state index contributed by atoms with van der Waals surface area (Å²) in [4.78, 5) is 35.3. The van der Waals surface area contributed by atoms with E-state index in [1.165, 1.54) is 31.3 Å². The van der Waals surface area contributed by atoms with E-state index in [0.29, 0.717) is 5.69 Å². The molecule has 0 spiro atoms. The highest BCUT2D eigenvalue weighted by molar-refractivity contribution is 7.92. The maximum atomic E-state index is 12.7. The molecule has 10 heteroatoms. The number of hydrogen-bond acceptors (Lipinski definition) is 5. The standard InChI is InChI=1S/C19H20N4O5S/c1-23(15-5-3-2-4-6-15)29(27,28)16-11-7-13(8-12-16)17(24)21-22-19(26)18(25)20-14-9-10-14/h2-8,11-12,14H,9-10H2,1H3,(H,20,25)(H,21,24)(H,22,26). The van der Waals surface area contributed by atoms with Crippen LogP contribution >= 0.6 is 0 Å². The van der Waals surface area contributed by atoms with Crippen LogP contribution in [0.1, 0.15) is 23.2 Å². The minimum atomic E-state index is -3.80. The largest absolute Gasteiger partial charge is 0.345 e. The second kappa shape index (κ2) is 8.31. The summed E-state index contributed by atoms with van der Waals surface area (Å²) in [5.74, 6) is -2.48. The first-order valence-electron chi connectivity index (χ1n) is 8.84. The number of nitrogens with zero attached hydrogens (tertiary/aromatic N) is 1. The molecule has 2 aromatic rings. The van der Waals surface area contributed by atoms with Crippen LogP contribution in [-0.2, 0) is 19.6 Å². The monoisotopic (exact) mass is 416 g/mol. The molecule has 0 bridgehead atoms. The van der Waals surface area contributed by atoms with Gasteiger partial charge in [-0.25, -0.2) is 8.42 Å². The molecule has 1 aliphatic rings. The van der Waals surface area contributed by atoms with Crippen molar-refractivity contribution in [1.82, 2.24) is 16.2 Å². The predicted molar refractivity (Wildman–Crippen MR) is 105 cm³/mol. The van der Waals surface area contributed by atoms with Crippen LogP contribution in [-0.4, -0.2) is 39.2 Å². The lowest BCUT2D eigenvalue weighted by Crippen LogP contribution is -2.48. The summed E-state index contributed by atoms with van der Waals surface area (Å²) in [6.07, 6.45) is 1.67. The molecule has 0 aliphatic heterocycles. The Balaban J connectivity index is 1.62. The molecule has 0 heterocycles. The Hall–Kier alpha value is -3.40. The Morgan fingerprint density at radius 2 is 1.52 bits per heavy atom. The molecule has 29 heavy (non-hydrogen) atoms. The van der Waals surface area contributed by atoms with E-state index in [2.05, 4.69) is 10.7 Å². The molecule has 0 unspecified atom stereocenters. The van der Waals surface area contributed by atoms with Crippen LogP contribution < -0.4 is 20.5 Å². The van der Waals surface area contributed by atoms with E-state index >= 15 is 0 Å². The van der Waals surface area contributed by atoms with E-state index in [0.717, 1.165) is 17.1 Å². The van der Waals surface area contributed by atoms with E-state index in [9.17, 15) is 22.8 Å². The second-order valence-electron chi connectivity index (χ2n) is 6.49. The molecule has 3 N–H and O–H groups in total. The summed E-state index contributed by atoms with van der Waals surface area (Å²) in [7, 11) is -2.36. The van der Waals surface area contributed by atoms with Gasteiger partial charge in [-0.15, -0.1) is 0 Å². The number of nitrogens with one attached hydrogen (secondary N) is 3. The lowest BCUT2D eigenvalue weighted by molar-refractivity contribution is -0.139. The van der Waals surface area contributed by atoms with Crippen LogP contribution in [0, 0.1) is 0 Å². The lowest BCUT2D eigenvalue weighted by Gasteiger charge is -2.19. The average Bonchev–Trinajstić information content (AvgIpc) is 3.55. The van der Waals surface area contributed by atoms with E-state index in [-0.39, 0.29) is 16.5 Å². The van der Waals surface area contributed by atoms with Crippen LogP contribution in [0.3, 0.4) is 0 Å². The summed E-state index contributed by atoms with van der Waals surface area (Å²) in [5, 5.41) is 2.49. The van der Waals surface area contributed by atoms with Gasteiger partial charge in [0.25, 0.3) is 15.9 Å². The maximum Gasteiger partial charge on any atom is 0.327 e. The Kier molecular flexibility index (Phi) is 5.83. The molecule has 0 saturated heterocycles. The quantitative estimate of drug-likeness (QED) is 0.485. The Bertz CT molecular complexity index is 1020. The van der Waals surface area contributed by atoms with Gasteiger partial charge in [0.15, 0.2) is 0 Å². The van der Waals surface area contributed by atoms with Gasteiger partial charge in [-0.05, 0) is 49.2 Å². The minimum Gasteiger partial charge on any atom is -0.345 e. The van der Waals surface area contributed by atoms with Gasteiger partial charge in [0.1, 0.15) is 0 Å². The van der Waals surface area contributed by atoms with Crippen LogP contribution in [0.5, 0.6) is 0 Å². The molecule has 0 aromatic heterocycles. The molecule has 3 amide bonds. The van der Waals surface area contributed by atoms with Gasteiger partial charge >= 0.3 is 11.8 Å². The average molecular weight is 416 g/mol. The molecule has 9 nitrogen and oxygen atoms in total. The molecule has 152 valence electrons. The highest BCUT2D eigenvalue weighted by atomic mass is 32.2. The summed E-state index contributed by atoms with van der Waals surface area (Å²) < 4.78 is 26.6. The summed E-state index contributed by atoms with van der Waals surface area (Å²) in [6.45, 7) is 0. The van der Waals surface area contributed by atoms with Gasteiger partial charge < -0.3 is 5.32 Å². The lowest BCUT2D eigenvalue weighted by atomic mass is 10.2. The zero-order valence-electron chi connectivity index (χ0n) is 15.6. The van der Waals surface area contributed by atoms with Crippen LogP contribution in [0.15, 0.2) is 59.5 Å². The molecule has 2 aromatic carbocycles. The van der Waals surface area contributed by atoms with Crippen molar-refractivity contribution in [3.63, 3.8) is 0 Å². The van der Waals surface area contributed by atoms with Crippen LogP contribution in [0.25, 0.3) is 0 Å². The van der Waals surface area contributed by atoms with Crippen molar-refractivity contribution in [3.05, 3.63) is 60.2 Å². The number of hydrazine groups is 1. The molecular formula is C19H20N4O5S. The number of anilines is 1. The first-order chi connectivity index (χ1) is 13.8. The van der Waals surface area contributed by atoms with Crippen molar-refractivity contribution in [2.45, 2.75) is 23.8 Å². The molecule has 1 saturated carbocycles. The smallest absolute Gasteiger partial charge is 0.327 e. The number of amides is 3. The van der Waals surface area contributed by atoms with Crippen molar-refractivity contribution in [2.75, 3.05) is 11.4 Å². The van der Waals surface area contributed by atoms with Crippen molar-refractivity contribution < 1.29 is 22.8 Å². The highest BCUT2D eigenvalue weighted by Gasteiger charge is 2.26. The van der Waals surface area contributed by atoms with Gasteiger partial charge in [0.2, 0.25) is 0 Å². The van der Waals surface area contributed by atoms with Crippen LogP contribution in [0.2, 0.25) is 0 Å². The van der Waals surface area contributed by atoms with Gasteiger partial charge in [0, 0.05) is 18.7 Å². The molecule has 1 fully saturated rings. The summed E-state index contributed by atoms with van der Waals surface area (Å²) >= 11 is 0. The SMILES string of the molecule is CN(c1ccccc1)S(=O)(=O)c1ccc(C(=O)NNC(=O)C(=O)NC2CC2)cc1. The first kappa shape index (κ1) is 20.3. The van der Waals surface area contributed by atoms with Crippen molar-refractivity contribution in [3.8, 4) is 0 Å². The molecule has 1 aliphatic carbocycles. The van der Waals surface area contributed by atoms with E-state index in [1.807, 2.05) is 5.43 Å². The zero-order valence-corrected chi connectivity index (χ0v) is 16.4. The zero-order chi connectivity index (χ0) is 21.0. The van der Waals surface area contributed by atoms with E-state index in [1.54, 1.807) is 30.3 Å². The fraction of sp³-hybridized carbons (Fsp3) is 0.211. The third kappa shape index (κ3) is 4.91. The van der Waals surface area contributed by atoms with Gasteiger partial charge in [0.05, 0.1) is 10.6 Å². The number of benzene rings is 2. The van der Waals surface area contributed by atoms with Gasteiger partial charge in [-0.3, -0.25) is 29.5 Å². The Morgan fingerprint density at radius 1 is 0.897 bits per heavy atom. The van der Waals surface area contributed by atoms with Crippen molar-refractivity contribution >= 4 is 33.4 Å². The van der Waals surface area contributed by atoms with Crippen molar-refractivity contribution in [2.24, 2.45) is 0 Å². The second-order valence-corrected chi connectivity index (χ2v) is 8.46. The Labute approximate surface area is 168 Å². The maximum absolute atomic E-state index is 12.7. The van der Waals surface area contributed by atoms with Gasteiger partial charge in [-0.1, -0.05) is 18.2 Å².